The van der Waals surface area contributed by atoms with Gasteiger partial charge in [0.05, 0.1) is 13.2 Å². The summed E-state index contributed by atoms with van der Waals surface area (Å²) in [5.74, 6) is 0. The molecule has 0 aliphatic carbocycles. The van der Waals surface area contributed by atoms with Gasteiger partial charge in [0.25, 0.3) is 0 Å². The maximum Gasteiger partial charge on any atom is 0.250 e. The average molecular weight is 424 g/mol. The Bertz CT molecular complexity index is 857. The Balaban J connectivity index is 1.78. The minimum atomic E-state index is -3.51. The van der Waals surface area contributed by atoms with E-state index in [1.807, 2.05) is 27.1 Å². The van der Waals surface area contributed by atoms with Crippen LogP contribution in [-0.4, -0.2) is 60.3 Å². The van der Waals surface area contributed by atoms with Gasteiger partial charge in [-0.05, 0) is 36.2 Å². The van der Waals surface area contributed by atoms with Crippen LogP contribution in [0.1, 0.15) is 23.4 Å². The molecule has 2 aromatic rings. The van der Waals surface area contributed by atoms with Crippen molar-refractivity contribution in [3.63, 3.8) is 0 Å². The van der Waals surface area contributed by atoms with Gasteiger partial charge in [-0.3, -0.25) is 4.90 Å². The van der Waals surface area contributed by atoms with Crippen molar-refractivity contribution in [2.24, 2.45) is 0 Å². The van der Waals surface area contributed by atoms with Crippen molar-refractivity contribution in [2.45, 2.75) is 23.6 Å². The summed E-state index contributed by atoms with van der Waals surface area (Å²) < 4.78 is 34.2. The van der Waals surface area contributed by atoms with Crippen LogP contribution in [0.25, 0.3) is 0 Å². The number of hydrogen-bond acceptors (Lipinski definition) is 6. The smallest absolute Gasteiger partial charge is 0.250 e. The second-order valence-corrected chi connectivity index (χ2v) is 10.2. The maximum absolute atomic E-state index is 12.8. The third-order valence-electron chi connectivity index (χ3n) is 5.00. The zero-order valence-electron chi connectivity index (χ0n) is 16.7. The molecule has 1 saturated heterocycles. The third kappa shape index (κ3) is 5.12. The summed E-state index contributed by atoms with van der Waals surface area (Å²) in [6.07, 6.45) is 0.842. The number of morpholine rings is 1. The molecule has 0 unspecified atom stereocenters. The van der Waals surface area contributed by atoms with Crippen LogP contribution >= 0.6 is 11.3 Å². The first-order chi connectivity index (χ1) is 13.4. The zero-order valence-corrected chi connectivity index (χ0v) is 18.4. The van der Waals surface area contributed by atoms with Crippen molar-refractivity contribution in [2.75, 3.05) is 51.8 Å². The van der Waals surface area contributed by atoms with Crippen LogP contribution in [0.5, 0.6) is 0 Å². The van der Waals surface area contributed by atoms with Crippen LogP contribution in [-0.2, 0) is 21.2 Å². The molecule has 2 heterocycles. The van der Waals surface area contributed by atoms with E-state index >= 15 is 0 Å². The molecule has 0 bridgehead atoms. The fourth-order valence-electron chi connectivity index (χ4n) is 3.29. The van der Waals surface area contributed by atoms with Gasteiger partial charge in [0.2, 0.25) is 10.0 Å². The molecule has 8 heteroatoms. The minimum Gasteiger partial charge on any atom is -0.379 e. The lowest BCUT2D eigenvalue weighted by atomic mass is 10.0. The summed E-state index contributed by atoms with van der Waals surface area (Å²) in [6, 6.07) is 11.9. The number of thiophene rings is 1. The van der Waals surface area contributed by atoms with E-state index < -0.39 is 10.0 Å². The highest BCUT2D eigenvalue weighted by Gasteiger charge is 2.25. The van der Waals surface area contributed by atoms with E-state index in [2.05, 4.69) is 38.8 Å². The largest absolute Gasteiger partial charge is 0.379 e. The van der Waals surface area contributed by atoms with E-state index in [1.165, 1.54) is 11.3 Å². The van der Waals surface area contributed by atoms with Crippen molar-refractivity contribution in [1.29, 1.82) is 0 Å². The standard InChI is InChI=1S/C20H29N3O3S2/c1-4-18-9-10-20(27-18)28(24,25)21-15-19(23-11-13-26-14-12-23)16-5-7-17(8-6-16)22(2)3/h5-10,19,21H,4,11-15H2,1-3H3/t19-/m0/s1. The van der Waals surface area contributed by atoms with Gasteiger partial charge in [0.15, 0.2) is 0 Å². The van der Waals surface area contributed by atoms with Crippen LogP contribution in [0.15, 0.2) is 40.6 Å². The van der Waals surface area contributed by atoms with E-state index in [-0.39, 0.29) is 6.04 Å². The summed E-state index contributed by atoms with van der Waals surface area (Å²) in [4.78, 5) is 5.42. The Labute approximate surface area is 172 Å². The van der Waals surface area contributed by atoms with Crippen molar-refractivity contribution in [3.05, 3.63) is 46.8 Å². The molecule has 1 aliphatic rings. The van der Waals surface area contributed by atoms with Crippen molar-refractivity contribution in [1.82, 2.24) is 9.62 Å². The monoisotopic (exact) mass is 423 g/mol. The number of ether oxygens (including phenoxy) is 1. The quantitative estimate of drug-likeness (QED) is 0.707. The Morgan fingerprint density at radius 2 is 1.82 bits per heavy atom. The van der Waals surface area contributed by atoms with Gasteiger partial charge in [-0.25, -0.2) is 13.1 Å². The Hall–Kier alpha value is -1.45. The van der Waals surface area contributed by atoms with Gasteiger partial charge >= 0.3 is 0 Å². The van der Waals surface area contributed by atoms with Crippen molar-refractivity contribution < 1.29 is 13.2 Å². The predicted molar refractivity (Wildman–Crippen MR) is 115 cm³/mol. The van der Waals surface area contributed by atoms with Crippen LogP contribution in [0.3, 0.4) is 0 Å². The van der Waals surface area contributed by atoms with Crippen molar-refractivity contribution in [3.8, 4) is 0 Å². The fourth-order valence-corrected chi connectivity index (χ4v) is 5.67. The average Bonchev–Trinajstić information content (AvgIpc) is 3.20. The number of sulfonamides is 1. The highest BCUT2D eigenvalue weighted by molar-refractivity contribution is 7.91. The number of rotatable bonds is 8. The lowest BCUT2D eigenvalue weighted by molar-refractivity contribution is 0.0172. The summed E-state index contributed by atoms with van der Waals surface area (Å²) in [6.45, 7) is 5.29. The number of benzene rings is 1. The topological polar surface area (TPSA) is 61.9 Å². The lowest BCUT2D eigenvalue weighted by Gasteiger charge is -2.35. The normalized spacial score (nSPS) is 16.8. The molecule has 3 rings (SSSR count). The first-order valence-electron chi connectivity index (χ1n) is 9.58. The summed E-state index contributed by atoms with van der Waals surface area (Å²) in [7, 11) is 0.506. The Kier molecular flexibility index (Phi) is 7.11. The van der Waals surface area contributed by atoms with Crippen LogP contribution in [0, 0.1) is 0 Å². The van der Waals surface area contributed by atoms with Crippen molar-refractivity contribution >= 4 is 27.0 Å². The Morgan fingerprint density at radius 3 is 2.39 bits per heavy atom. The van der Waals surface area contributed by atoms with E-state index in [0.29, 0.717) is 24.0 Å². The number of hydrogen-bond donors (Lipinski definition) is 1. The molecule has 1 atom stereocenters. The van der Waals surface area contributed by atoms with E-state index in [1.54, 1.807) is 6.07 Å². The minimum absolute atomic E-state index is 0.0273. The van der Waals surface area contributed by atoms with Crippen LogP contribution in [0.4, 0.5) is 5.69 Å². The number of aryl methyl sites for hydroxylation is 1. The van der Waals surface area contributed by atoms with Gasteiger partial charge in [0.1, 0.15) is 4.21 Å². The molecule has 0 spiro atoms. The van der Waals surface area contributed by atoms with Gasteiger partial charge in [-0.15, -0.1) is 11.3 Å². The van der Waals surface area contributed by atoms with Gasteiger partial charge in [-0.2, -0.15) is 0 Å². The number of anilines is 1. The summed E-state index contributed by atoms with van der Waals surface area (Å²) >= 11 is 1.34. The lowest BCUT2D eigenvalue weighted by Crippen LogP contribution is -2.43. The molecular formula is C20H29N3O3S2. The first kappa shape index (κ1) is 21.3. The number of nitrogens with one attached hydrogen (secondary N) is 1. The number of nitrogens with zero attached hydrogens (tertiary/aromatic N) is 2. The van der Waals surface area contributed by atoms with Crippen LogP contribution < -0.4 is 9.62 Å². The summed E-state index contributed by atoms with van der Waals surface area (Å²) in [5, 5.41) is 0. The molecule has 0 radical (unpaired) electrons. The highest BCUT2D eigenvalue weighted by Crippen LogP contribution is 2.26. The first-order valence-corrected chi connectivity index (χ1v) is 11.9. The predicted octanol–water partition coefficient (Wildman–Crippen LogP) is 2.73. The second-order valence-electron chi connectivity index (χ2n) is 7.08. The molecule has 0 saturated carbocycles. The molecule has 6 nitrogen and oxygen atoms in total. The molecule has 1 N–H and O–H groups in total. The SMILES string of the molecule is CCc1ccc(S(=O)(=O)NC[C@@H](c2ccc(N(C)C)cc2)N2CCOCC2)s1. The molecule has 1 aliphatic heterocycles. The second kappa shape index (κ2) is 9.37. The summed E-state index contributed by atoms with van der Waals surface area (Å²) in [5.41, 5.74) is 2.23. The molecule has 28 heavy (non-hydrogen) atoms. The molecule has 1 fully saturated rings. The molecule has 1 aromatic heterocycles. The highest BCUT2D eigenvalue weighted by atomic mass is 32.2. The fraction of sp³-hybridized carbons (Fsp3) is 0.500. The third-order valence-corrected chi connectivity index (χ3v) is 8.14. The molecular weight excluding hydrogens is 394 g/mol. The maximum atomic E-state index is 12.8. The molecule has 0 amide bonds. The van der Waals surface area contributed by atoms with E-state index in [4.69, 9.17) is 4.74 Å². The van der Waals surface area contributed by atoms with E-state index in [9.17, 15) is 8.42 Å². The Morgan fingerprint density at radius 1 is 1.14 bits per heavy atom. The van der Waals surface area contributed by atoms with E-state index in [0.717, 1.165) is 35.6 Å². The van der Waals surface area contributed by atoms with Gasteiger partial charge in [-0.1, -0.05) is 19.1 Å². The molecule has 154 valence electrons. The zero-order chi connectivity index (χ0) is 20.1. The van der Waals surface area contributed by atoms with Gasteiger partial charge in [0, 0.05) is 50.3 Å². The molecule has 1 aromatic carbocycles. The van der Waals surface area contributed by atoms with Gasteiger partial charge < -0.3 is 9.64 Å². The van der Waals surface area contributed by atoms with Crippen LogP contribution in [0.2, 0.25) is 0 Å².